The molecule has 0 radical (unpaired) electrons. The molecule has 1 atom stereocenters. The van der Waals surface area contributed by atoms with Gasteiger partial charge in [-0.2, -0.15) is 0 Å². The molecule has 4 nitrogen and oxygen atoms in total. The maximum absolute atomic E-state index is 6.71. The van der Waals surface area contributed by atoms with E-state index in [9.17, 15) is 0 Å². The summed E-state index contributed by atoms with van der Waals surface area (Å²) in [6, 6.07) is 68.7. The minimum Gasteiger partial charge on any atom is -0.464 e. The molecule has 55 heavy (non-hydrogen) atoms. The third-order valence-electron chi connectivity index (χ3n) is 10.9. The zero-order chi connectivity index (χ0) is 36.3. The second kappa shape index (κ2) is 12.7. The van der Waals surface area contributed by atoms with Gasteiger partial charge in [-0.15, -0.1) is 0 Å². The summed E-state index contributed by atoms with van der Waals surface area (Å²) < 4.78 is 13.1. The van der Waals surface area contributed by atoms with Gasteiger partial charge in [-0.1, -0.05) is 140 Å². The molecule has 4 heteroatoms. The molecule has 1 aliphatic heterocycles. The van der Waals surface area contributed by atoms with E-state index in [1.165, 1.54) is 5.39 Å². The van der Waals surface area contributed by atoms with Crippen molar-refractivity contribution in [2.45, 2.75) is 6.23 Å². The van der Waals surface area contributed by atoms with Crippen molar-refractivity contribution in [2.24, 2.45) is 0 Å². The van der Waals surface area contributed by atoms with Crippen LogP contribution in [0.1, 0.15) is 11.8 Å². The predicted molar refractivity (Wildman–Crippen MR) is 228 cm³/mol. The van der Waals surface area contributed by atoms with Gasteiger partial charge in [-0.05, 0) is 81.9 Å². The van der Waals surface area contributed by atoms with Crippen molar-refractivity contribution in [1.29, 1.82) is 0 Å². The summed E-state index contributed by atoms with van der Waals surface area (Å²) in [5.74, 6) is 0.892. The lowest BCUT2D eigenvalue weighted by Crippen LogP contribution is -2.12. The fraction of sp³-hybridized carbons (Fsp3) is 0.0196. The number of nitrogens with one attached hydrogen (secondary N) is 1. The molecular formula is C51H34N2O2. The van der Waals surface area contributed by atoms with Crippen molar-refractivity contribution in [2.75, 3.05) is 10.2 Å². The Bertz CT molecular complexity index is 3060. The maximum Gasteiger partial charge on any atom is 0.196 e. The van der Waals surface area contributed by atoms with Crippen LogP contribution in [0.2, 0.25) is 0 Å². The van der Waals surface area contributed by atoms with E-state index in [-0.39, 0.29) is 6.23 Å². The number of nitrogens with zero attached hydrogens (tertiary/aromatic N) is 1. The average Bonchev–Trinajstić information content (AvgIpc) is 3.86. The monoisotopic (exact) mass is 706 g/mol. The fourth-order valence-electron chi connectivity index (χ4n) is 8.29. The van der Waals surface area contributed by atoms with Crippen LogP contribution in [-0.2, 0) is 0 Å². The summed E-state index contributed by atoms with van der Waals surface area (Å²) >= 11 is 0. The Kier molecular flexibility index (Phi) is 7.20. The molecule has 2 heterocycles. The van der Waals surface area contributed by atoms with Gasteiger partial charge >= 0.3 is 0 Å². The summed E-state index contributed by atoms with van der Waals surface area (Å²) in [5, 5.41) is 10.4. The Morgan fingerprint density at radius 2 is 1.05 bits per heavy atom. The molecule has 0 bridgehead atoms. The number of ether oxygens (including phenoxy) is 1. The molecule has 10 aromatic rings. The lowest BCUT2D eigenvalue weighted by molar-refractivity contribution is 0.263. The van der Waals surface area contributed by atoms with Gasteiger partial charge in [0, 0.05) is 38.5 Å². The Labute approximate surface area is 318 Å². The van der Waals surface area contributed by atoms with Gasteiger partial charge in [-0.3, -0.25) is 0 Å². The van der Waals surface area contributed by atoms with Crippen molar-refractivity contribution in [3.05, 3.63) is 200 Å². The van der Waals surface area contributed by atoms with Gasteiger partial charge in [0.15, 0.2) is 12.0 Å². The smallest absolute Gasteiger partial charge is 0.196 e. The Hall–Kier alpha value is -7.30. The number of rotatable bonds is 6. The molecule has 1 N–H and O–H groups in total. The van der Waals surface area contributed by atoms with Crippen molar-refractivity contribution >= 4 is 66.2 Å². The molecule has 0 saturated heterocycles. The van der Waals surface area contributed by atoms with E-state index in [1.54, 1.807) is 0 Å². The van der Waals surface area contributed by atoms with E-state index in [1.807, 2.05) is 18.2 Å². The fourth-order valence-corrected chi connectivity index (χ4v) is 8.29. The summed E-state index contributed by atoms with van der Waals surface area (Å²) in [6.45, 7) is 0. The highest BCUT2D eigenvalue weighted by Gasteiger charge is 2.27. The van der Waals surface area contributed by atoms with Gasteiger partial charge in [0.1, 0.15) is 11.2 Å². The zero-order valence-corrected chi connectivity index (χ0v) is 29.8. The Balaban J connectivity index is 1.08. The van der Waals surface area contributed by atoms with E-state index in [0.29, 0.717) is 0 Å². The van der Waals surface area contributed by atoms with Crippen LogP contribution in [0.5, 0.6) is 5.75 Å². The first-order chi connectivity index (χ1) is 27.3. The number of fused-ring (bicyclic) bond motifs is 8. The topological polar surface area (TPSA) is 37.6 Å². The number of furan rings is 1. The van der Waals surface area contributed by atoms with Crippen LogP contribution in [0.4, 0.5) is 22.7 Å². The molecule has 260 valence electrons. The van der Waals surface area contributed by atoms with E-state index in [2.05, 4.69) is 186 Å². The number of para-hydroxylation sites is 4. The Morgan fingerprint density at radius 3 is 1.85 bits per heavy atom. The lowest BCUT2D eigenvalue weighted by Gasteiger charge is -2.30. The van der Waals surface area contributed by atoms with Gasteiger partial charge in [0.2, 0.25) is 0 Å². The summed E-state index contributed by atoms with van der Waals surface area (Å²) in [7, 11) is 0. The first-order valence-electron chi connectivity index (χ1n) is 18.7. The second-order valence-corrected chi connectivity index (χ2v) is 14.1. The minimum absolute atomic E-state index is 0.243. The van der Waals surface area contributed by atoms with Gasteiger partial charge in [0.25, 0.3) is 0 Å². The molecule has 1 aromatic heterocycles. The van der Waals surface area contributed by atoms with E-state index < -0.39 is 0 Å². The molecule has 0 saturated carbocycles. The first kappa shape index (κ1) is 31.2. The molecule has 0 aliphatic carbocycles. The highest BCUT2D eigenvalue weighted by Crippen LogP contribution is 2.48. The number of anilines is 4. The first-order valence-corrected chi connectivity index (χ1v) is 18.7. The van der Waals surface area contributed by atoms with Gasteiger partial charge < -0.3 is 19.4 Å². The van der Waals surface area contributed by atoms with Crippen LogP contribution in [0.15, 0.2) is 199 Å². The van der Waals surface area contributed by atoms with Crippen molar-refractivity contribution in [3.8, 4) is 28.0 Å². The van der Waals surface area contributed by atoms with Crippen molar-refractivity contribution < 1.29 is 9.15 Å². The minimum atomic E-state index is -0.243. The highest BCUT2D eigenvalue weighted by molar-refractivity contribution is 6.14. The molecular weight excluding hydrogens is 673 g/mol. The molecule has 11 rings (SSSR count). The normalized spacial score (nSPS) is 13.6. The highest BCUT2D eigenvalue weighted by atomic mass is 16.5. The predicted octanol–water partition coefficient (Wildman–Crippen LogP) is 14.2. The van der Waals surface area contributed by atoms with Crippen LogP contribution in [0.25, 0.3) is 65.7 Å². The second-order valence-electron chi connectivity index (χ2n) is 14.1. The Morgan fingerprint density at radius 1 is 0.455 bits per heavy atom. The molecule has 1 aliphatic rings. The van der Waals surface area contributed by atoms with E-state index in [0.717, 1.165) is 94.4 Å². The van der Waals surface area contributed by atoms with Crippen LogP contribution >= 0.6 is 0 Å². The summed E-state index contributed by atoms with van der Waals surface area (Å²) in [5.41, 5.74) is 11.6. The number of benzene rings is 9. The van der Waals surface area contributed by atoms with Crippen LogP contribution < -0.4 is 15.0 Å². The van der Waals surface area contributed by atoms with E-state index in [4.69, 9.17) is 9.15 Å². The SMILES string of the molecule is c1ccc(C2Nc3ccc4ccc5ccc(-c6ccccc6N(c6ccccc6)c6ccccc6-c6ccc7c(c6)oc6ccccc67)cc5c4c3O2)cc1. The number of hydrogen-bond donors (Lipinski definition) is 1. The maximum atomic E-state index is 6.71. The lowest BCUT2D eigenvalue weighted by atomic mass is 9.94. The summed E-state index contributed by atoms with van der Waals surface area (Å²) in [6.07, 6.45) is -0.243. The quantitative estimate of drug-likeness (QED) is 0.175. The largest absolute Gasteiger partial charge is 0.464 e. The van der Waals surface area contributed by atoms with Crippen molar-refractivity contribution in [1.82, 2.24) is 0 Å². The average molecular weight is 707 g/mol. The third-order valence-corrected chi connectivity index (χ3v) is 10.9. The van der Waals surface area contributed by atoms with Crippen LogP contribution in [-0.4, -0.2) is 0 Å². The van der Waals surface area contributed by atoms with Crippen LogP contribution in [0, 0.1) is 0 Å². The third kappa shape index (κ3) is 5.22. The van der Waals surface area contributed by atoms with Gasteiger partial charge in [-0.25, -0.2) is 0 Å². The molecule has 9 aromatic carbocycles. The number of hydrogen-bond acceptors (Lipinski definition) is 4. The molecule has 1 unspecified atom stereocenters. The zero-order valence-electron chi connectivity index (χ0n) is 29.8. The van der Waals surface area contributed by atoms with Gasteiger partial charge in [0.05, 0.1) is 17.1 Å². The standard InChI is InChI=1S/C51H34N2O2/c1-3-13-35(14-4-1)51-52-44-30-28-34-25-23-33-24-26-36(31-43(33)49(34)50(44)55-51)39-17-7-10-20-45(39)53(38-15-5-2-6-16-38)46-21-11-8-18-40(46)37-27-29-42-41-19-9-12-22-47(41)54-48(42)32-37/h1-32,51-52H. The molecule has 0 spiro atoms. The molecule has 0 fully saturated rings. The van der Waals surface area contributed by atoms with Crippen LogP contribution in [0.3, 0.4) is 0 Å². The summed E-state index contributed by atoms with van der Waals surface area (Å²) in [4.78, 5) is 2.38. The van der Waals surface area contributed by atoms with Crippen molar-refractivity contribution in [3.63, 3.8) is 0 Å². The molecule has 0 amide bonds. The van der Waals surface area contributed by atoms with E-state index >= 15 is 0 Å².